The topological polar surface area (TPSA) is 73.9 Å². The first kappa shape index (κ1) is 19.1. The molecule has 2 aromatic rings. The normalized spacial score (nSPS) is 10.8. The van der Waals surface area contributed by atoms with Crippen molar-refractivity contribution in [1.29, 1.82) is 0 Å². The molecule has 0 aliphatic heterocycles. The second kappa shape index (κ2) is 7.77. The molecular weight excluding hydrogens is 355 g/mol. The molecule has 0 aromatic heterocycles. The van der Waals surface area contributed by atoms with Crippen LogP contribution in [0.5, 0.6) is 11.5 Å². The number of ether oxygens (including phenoxy) is 3. The number of benzene rings is 2. The zero-order valence-electron chi connectivity index (χ0n) is 13.7. The molecule has 0 fully saturated rings. The Bertz CT molecular complexity index is 803. The fourth-order valence-corrected chi connectivity index (χ4v) is 2.12. The van der Waals surface area contributed by atoms with E-state index in [-0.39, 0.29) is 11.4 Å². The fourth-order valence-electron chi connectivity index (χ4n) is 2.12. The molecule has 0 heterocycles. The minimum absolute atomic E-state index is 0.290. The van der Waals surface area contributed by atoms with E-state index >= 15 is 0 Å². The van der Waals surface area contributed by atoms with E-state index in [1.807, 2.05) is 0 Å². The van der Waals surface area contributed by atoms with Crippen LogP contribution in [0.4, 0.5) is 18.9 Å². The lowest BCUT2D eigenvalue weighted by molar-refractivity contribution is -0.274. The maximum Gasteiger partial charge on any atom is 0.573 e. The standard InChI is InChI=1S/C17H14F3NO5/c1-24-14-9-11(21-15(22)16(23)25-2)5-8-13(14)10-3-6-12(7-4-10)26-17(18,19)20/h3-9H,1-2H3,(H,21,22). The molecule has 0 bridgehead atoms. The van der Waals surface area contributed by atoms with Crippen molar-refractivity contribution in [3.63, 3.8) is 0 Å². The number of rotatable bonds is 4. The van der Waals surface area contributed by atoms with E-state index in [1.54, 1.807) is 6.07 Å². The average molecular weight is 369 g/mol. The molecule has 1 amide bonds. The van der Waals surface area contributed by atoms with Gasteiger partial charge in [0.15, 0.2) is 0 Å². The molecule has 0 saturated heterocycles. The Morgan fingerprint density at radius 3 is 2.19 bits per heavy atom. The zero-order chi connectivity index (χ0) is 19.3. The zero-order valence-corrected chi connectivity index (χ0v) is 13.7. The van der Waals surface area contributed by atoms with Gasteiger partial charge in [-0.2, -0.15) is 0 Å². The van der Waals surface area contributed by atoms with Crippen LogP contribution in [0.25, 0.3) is 11.1 Å². The van der Waals surface area contributed by atoms with Crippen LogP contribution in [0, 0.1) is 0 Å². The number of carbonyl (C=O) groups excluding carboxylic acids is 2. The molecule has 2 rings (SSSR count). The summed E-state index contributed by atoms with van der Waals surface area (Å²) < 4.78 is 50.0. The number of amides is 1. The number of hydrogen-bond donors (Lipinski definition) is 1. The Balaban J connectivity index is 2.24. The number of esters is 1. The molecule has 0 aliphatic rings. The quantitative estimate of drug-likeness (QED) is 0.661. The highest BCUT2D eigenvalue weighted by Gasteiger charge is 2.31. The first-order valence-electron chi connectivity index (χ1n) is 7.17. The SMILES string of the molecule is COC(=O)C(=O)Nc1ccc(-c2ccc(OC(F)(F)F)cc2)c(OC)c1. The summed E-state index contributed by atoms with van der Waals surface area (Å²) in [5, 5.41) is 2.34. The molecule has 26 heavy (non-hydrogen) atoms. The van der Waals surface area contributed by atoms with Crippen LogP contribution in [0.15, 0.2) is 42.5 Å². The van der Waals surface area contributed by atoms with E-state index in [2.05, 4.69) is 14.8 Å². The molecular formula is C17H14F3NO5. The molecule has 0 aliphatic carbocycles. The third-order valence-corrected chi connectivity index (χ3v) is 3.23. The number of anilines is 1. The van der Waals surface area contributed by atoms with Gasteiger partial charge in [0.05, 0.1) is 14.2 Å². The molecule has 6 nitrogen and oxygen atoms in total. The monoisotopic (exact) mass is 369 g/mol. The number of nitrogens with one attached hydrogen (secondary N) is 1. The Morgan fingerprint density at radius 2 is 1.65 bits per heavy atom. The molecule has 1 N–H and O–H groups in total. The summed E-state index contributed by atoms with van der Waals surface area (Å²) in [7, 11) is 2.48. The second-order valence-corrected chi connectivity index (χ2v) is 4.93. The maximum absolute atomic E-state index is 12.2. The highest BCUT2D eigenvalue weighted by Crippen LogP contribution is 2.34. The van der Waals surface area contributed by atoms with Gasteiger partial charge in [0.25, 0.3) is 0 Å². The van der Waals surface area contributed by atoms with Crippen molar-refractivity contribution in [3.8, 4) is 22.6 Å². The van der Waals surface area contributed by atoms with Gasteiger partial charge >= 0.3 is 18.2 Å². The van der Waals surface area contributed by atoms with E-state index < -0.39 is 18.2 Å². The summed E-state index contributed by atoms with van der Waals surface area (Å²) in [4.78, 5) is 22.6. The van der Waals surface area contributed by atoms with Crippen LogP contribution < -0.4 is 14.8 Å². The van der Waals surface area contributed by atoms with Crippen LogP contribution >= 0.6 is 0 Å². The molecule has 2 aromatic carbocycles. The maximum atomic E-state index is 12.2. The third-order valence-electron chi connectivity index (χ3n) is 3.23. The van der Waals surface area contributed by atoms with Gasteiger partial charge in [-0.15, -0.1) is 13.2 Å². The average Bonchev–Trinajstić information content (AvgIpc) is 2.60. The number of methoxy groups -OCH3 is 2. The van der Waals surface area contributed by atoms with Gasteiger partial charge in [0, 0.05) is 17.3 Å². The van der Waals surface area contributed by atoms with E-state index in [9.17, 15) is 22.8 Å². The predicted octanol–water partition coefficient (Wildman–Crippen LogP) is 3.37. The number of alkyl halides is 3. The molecule has 9 heteroatoms. The smallest absolute Gasteiger partial charge is 0.496 e. The van der Waals surface area contributed by atoms with Gasteiger partial charge in [-0.05, 0) is 29.8 Å². The van der Waals surface area contributed by atoms with E-state index in [0.29, 0.717) is 16.9 Å². The van der Waals surface area contributed by atoms with Gasteiger partial charge in [0.2, 0.25) is 0 Å². The van der Waals surface area contributed by atoms with Crippen molar-refractivity contribution in [2.75, 3.05) is 19.5 Å². The number of hydrogen-bond acceptors (Lipinski definition) is 5. The van der Waals surface area contributed by atoms with Crippen LogP contribution in [0.1, 0.15) is 0 Å². The number of halogens is 3. The van der Waals surface area contributed by atoms with E-state index in [4.69, 9.17) is 4.74 Å². The van der Waals surface area contributed by atoms with Gasteiger partial charge in [0.1, 0.15) is 11.5 Å². The van der Waals surface area contributed by atoms with Gasteiger partial charge < -0.3 is 19.5 Å². The van der Waals surface area contributed by atoms with Crippen LogP contribution in [0.3, 0.4) is 0 Å². The summed E-state index contributed by atoms with van der Waals surface area (Å²) in [6.07, 6.45) is -4.77. The van der Waals surface area contributed by atoms with E-state index in [1.165, 1.54) is 43.5 Å². The summed E-state index contributed by atoms with van der Waals surface area (Å²) in [5.41, 5.74) is 1.43. The first-order valence-corrected chi connectivity index (χ1v) is 7.17. The number of carbonyl (C=O) groups is 2. The van der Waals surface area contributed by atoms with Gasteiger partial charge in [-0.25, -0.2) is 4.79 Å². The lowest BCUT2D eigenvalue weighted by atomic mass is 10.0. The summed E-state index contributed by atoms with van der Waals surface area (Å²) in [6.45, 7) is 0. The Morgan fingerprint density at radius 1 is 1.00 bits per heavy atom. The highest BCUT2D eigenvalue weighted by atomic mass is 19.4. The van der Waals surface area contributed by atoms with Gasteiger partial charge in [-0.3, -0.25) is 4.79 Å². The van der Waals surface area contributed by atoms with Crippen molar-refractivity contribution in [2.45, 2.75) is 6.36 Å². The van der Waals surface area contributed by atoms with Crippen molar-refractivity contribution < 1.29 is 37.0 Å². The minimum atomic E-state index is -4.77. The fraction of sp³-hybridized carbons (Fsp3) is 0.176. The Labute approximate surface area is 146 Å². The van der Waals surface area contributed by atoms with Gasteiger partial charge in [-0.1, -0.05) is 12.1 Å². The summed E-state index contributed by atoms with van der Waals surface area (Å²) in [6, 6.07) is 9.79. The lowest BCUT2D eigenvalue weighted by Crippen LogP contribution is -2.23. The first-order chi connectivity index (χ1) is 12.2. The molecule has 0 saturated carbocycles. The summed E-state index contributed by atoms with van der Waals surface area (Å²) >= 11 is 0. The molecule has 0 unspecified atom stereocenters. The molecule has 0 atom stereocenters. The minimum Gasteiger partial charge on any atom is -0.496 e. The third kappa shape index (κ3) is 4.88. The second-order valence-electron chi connectivity index (χ2n) is 4.93. The molecule has 0 spiro atoms. The Kier molecular flexibility index (Phi) is 5.71. The summed E-state index contributed by atoms with van der Waals surface area (Å²) in [5.74, 6) is -2.00. The van der Waals surface area contributed by atoms with Crippen molar-refractivity contribution in [1.82, 2.24) is 0 Å². The van der Waals surface area contributed by atoms with Crippen molar-refractivity contribution in [2.24, 2.45) is 0 Å². The Hall–Kier alpha value is -3.23. The lowest BCUT2D eigenvalue weighted by Gasteiger charge is -2.13. The van der Waals surface area contributed by atoms with Crippen LogP contribution in [-0.2, 0) is 14.3 Å². The highest BCUT2D eigenvalue weighted by molar-refractivity contribution is 6.37. The van der Waals surface area contributed by atoms with Crippen LogP contribution in [-0.4, -0.2) is 32.5 Å². The molecule has 0 radical (unpaired) electrons. The largest absolute Gasteiger partial charge is 0.573 e. The van der Waals surface area contributed by atoms with Crippen molar-refractivity contribution >= 4 is 17.6 Å². The van der Waals surface area contributed by atoms with E-state index in [0.717, 1.165) is 7.11 Å². The molecule has 138 valence electrons. The van der Waals surface area contributed by atoms with Crippen LogP contribution in [0.2, 0.25) is 0 Å². The van der Waals surface area contributed by atoms with Crippen molar-refractivity contribution in [3.05, 3.63) is 42.5 Å². The predicted molar refractivity (Wildman–Crippen MR) is 85.8 cm³/mol.